The van der Waals surface area contributed by atoms with Crippen molar-refractivity contribution < 1.29 is 19.0 Å². The van der Waals surface area contributed by atoms with Crippen molar-refractivity contribution >= 4 is 11.7 Å². The number of aliphatic hydroxyl groups is 1. The molecule has 3 N–H and O–H groups in total. The first-order valence-electron chi connectivity index (χ1n) is 7.68. The van der Waals surface area contributed by atoms with Crippen molar-refractivity contribution in [3.8, 4) is 0 Å². The zero-order valence-corrected chi connectivity index (χ0v) is 13.5. The number of hydrogen-bond donors (Lipinski definition) is 3. The van der Waals surface area contributed by atoms with E-state index in [1.54, 1.807) is 0 Å². The second-order valence-corrected chi connectivity index (χ2v) is 5.34. The van der Waals surface area contributed by atoms with E-state index in [1.807, 2.05) is 31.2 Å². The number of anilines is 1. The summed E-state index contributed by atoms with van der Waals surface area (Å²) in [6, 6.07) is 12.9. The number of carbonyl (C=O) groups is 1. The van der Waals surface area contributed by atoms with Crippen molar-refractivity contribution in [2.45, 2.75) is 13.0 Å². The van der Waals surface area contributed by atoms with Crippen molar-refractivity contribution in [3.63, 3.8) is 0 Å². The maximum Gasteiger partial charge on any atom is 0.319 e. The van der Waals surface area contributed by atoms with Gasteiger partial charge in [0.15, 0.2) is 0 Å². The molecule has 0 aliphatic carbocycles. The summed E-state index contributed by atoms with van der Waals surface area (Å²) in [6.07, 6.45) is -0.364. The van der Waals surface area contributed by atoms with Crippen LogP contribution >= 0.6 is 0 Å². The van der Waals surface area contributed by atoms with Gasteiger partial charge >= 0.3 is 6.03 Å². The Kier molecular flexibility index (Phi) is 6.72. The lowest BCUT2D eigenvalue weighted by atomic mass is 10.1. The van der Waals surface area contributed by atoms with E-state index in [9.17, 15) is 9.18 Å². The minimum absolute atomic E-state index is 0.0931. The van der Waals surface area contributed by atoms with E-state index in [2.05, 4.69) is 10.6 Å². The predicted octanol–water partition coefficient (Wildman–Crippen LogP) is 3.01. The molecule has 0 bridgehead atoms. The highest BCUT2D eigenvalue weighted by molar-refractivity contribution is 5.89. The van der Waals surface area contributed by atoms with Crippen LogP contribution in [-0.2, 0) is 4.74 Å². The minimum atomic E-state index is -0.411. The number of nitrogens with one attached hydrogen (secondary N) is 2. The van der Waals surface area contributed by atoms with Crippen molar-refractivity contribution in [3.05, 3.63) is 65.5 Å². The van der Waals surface area contributed by atoms with Gasteiger partial charge in [0.1, 0.15) is 5.82 Å². The van der Waals surface area contributed by atoms with Crippen LogP contribution in [0.25, 0.3) is 0 Å². The molecule has 2 rings (SSSR count). The number of carbonyl (C=O) groups excluding carboxylic acids is 1. The molecule has 0 radical (unpaired) electrons. The summed E-state index contributed by atoms with van der Waals surface area (Å²) in [5.41, 5.74) is 2.54. The van der Waals surface area contributed by atoms with Crippen LogP contribution in [0, 0.1) is 12.7 Å². The molecule has 2 aromatic rings. The third-order valence-corrected chi connectivity index (χ3v) is 3.41. The molecule has 6 heteroatoms. The topological polar surface area (TPSA) is 70.6 Å². The number of hydrogen-bond acceptors (Lipinski definition) is 3. The first-order valence-corrected chi connectivity index (χ1v) is 7.68. The number of ether oxygens (including phenoxy) is 1. The quantitative estimate of drug-likeness (QED) is 0.730. The molecule has 128 valence electrons. The summed E-state index contributed by atoms with van der Waals surface area (Å²) in [5, 5.41) is 14.3. The highest BCUT2D eigenvalue weighted by Gasteiger charge is 2.13. The summed E-state index contributed by atoms with van der Waals surface area (Å²) in [5.74, 6) is -0.363. The molecule has 1 atom stereocenters. The van der Waals surface area contributed by atoms with Gasteiger partial charge in [-0.1, -0.05) is 29.8 Å². The monoisotopic (exact) mass is 332 g/mol. The highest BCUT2D eigenvalue weighted by Crippen LogP contribution is 2.17. The Morgan fingerprint density at radius 3 is 2.46 bits per heavy atom. The third kappa shape index (κ3) is 5.64. The van der Waals surface area contributed by atoms with Crippen molar-refractivity contribution in [1.82, 2.24) is 5.32 Å². The van der Waals surface area contributed by atoms with Crippen molar-refractivity contribution in [2.24, 2.45) is 0 Å². The fourth-order valence-electron chi connectivity index (χ4n) is 2.14. The molecule has 0 aliphatic heterocycles. The first-order chi connectivity index (χ1) is 11.6. The van der Waals surface area contributed by atoms with E-state index in [1.165, 1.54) is 24.3 Å². The zero-order valence-electron chi connectivity index (χ0n) is 13.5. The van der Waals surface area contributed by atoms with Crippen LogP contribution in [0.5, 0.6) is 0 Å². The Morgan fingerprint density at radius 2 is 1.83 bits per heavy atom. The molecule has 0 saturated heterocycles. The fraction of sp³-hybridized carbons (Fsp3) is 0.278. The average molecular weight is 332 g/mol. The molecular formula is C18H21FN2O3. The van der Waals surface area contributed by atoms with Gasteiger partial charge in [-0.05, 0) is 36.8 Å². The van der Waals surface area contributed by atoms with Crippen LogP contribution in [0.15, 0.2) is 48.5 Å². The van der Waals surface area contributed by atoms with Gasteiger partial charge in [-0.2, -0.15) is 0 Å². The van der Waals surface area contributed by atoms with E-state index in [4.69, 9.17) is 9.84 Å². The summed E-state index contributed by atoms with van der Waals surface area (Å²) >= 11 is 0. The van der Waals surface area contributed by atoms with Gasteiger partial charge in [-0.3, -0.25) is 0 Å². The largest absolute Gasteiger partial charge is 0.394 e. The van der Waals surface area contributed by atoms with Gasteiger partial charge in [0.25, 0.3) is 0 Å². The number of benzene rings is 2. The van der Waals surface area contributed by atoms with Gasteiger partial charge in [-0.25, -0.2) is 9.18 Å². The number of rotatable bonds is 7. The number of aliphatic hydroxyl groups excluding tert-OH is 1. The van der Waals surface area contributed by atoms with Crippen LogP contribution in [0.1, 0.15) is 17.2 Å². The molecule has 0 spiro atoms. The molecule has 0 saturated carbocycles. The normalized spacial score (nSPS) is 11.8. The van der Waals surface area contributed by atoms with Gasteiger partial charge in [0.2, 0.25) is 0 Å². The van der Waals surface area contributed by atoms with Crippen LogP contribution in [0.2, 0.25) is 0 Å². The van der Waals surface area contributed by atoms with Crippen molar-refractivity contribution in [2.75, 3.05) is 25.1 Å². The first kappa shape index (κ1) is 17.9. The second-order valence-electron chi connectivity index (χ2n) is 5.34. The molecule has 2 aromatic carbocycles. The maximum atomic E-state index is 12.8. The van der Waals surface area contributed by atoms with Gasteiger partial charge < -0.3 is 20.5 Å². The Bertz CT molecular complexity index is 644. The molecular weight excluding hydrogens is 311 g/mol. The minimum Gasteiger partial charge on any atom is -0.394 e. The van der Waals surface area contributed by atoms with Gasteiger partial charge in [0.05, 0.1) is 19.3 Å². The van der Waals surface area contributed by atoms with E-state index in [0.717, 1.165) is 11.1 Å². The van der Waals surface area contributed by atoms with Crippen LogP contribution in [0.3, 0.4) is 0 Å². The molecule has 0 aromatic heterocycles. The third-order valence-electron chi connectivity index (χ3n) is 3.41. The van der Waals surface area contributed by atoms with E-state index < -0.39 is 6.03 Å². The number of urea groups is 1. The second kappa shape index (κ2) is 9.00. The fourth-order valence-corrected chi connectivity index (χ4v) is 2.14. The molecule has 5 nitrogen and oxygen atoms in total. The smallest absolute Gasteiger partial charge is 0.319 e. The Labute approximate surface area is 140 Å². The molecule has 0 heterocycles. The molecule has 1 unspecified atom stereocenters. The van der Waals surface area contributed by atoms with E-state index >= 15 is 0 Å². The zero-order chi connectivity index (χ0) is 17.4. The Morgan fingerprint density at radius 1 is 1.17 bits per heavy atom. The molecule has 0 aliphatic rings. The molecule has 24 heavy (non-hydrogen) atoms. The SMILES string of the molecule is Cc1ccc(C(CNC(=O)Nc2ccc(F)cc2)OCCO)cc1. The number of halogens is 1. The Balaban J connectivity index is 1.92. The summed E-state index contributed by atoms with van der Waals surface area (Å²) in [4.78, 5) is 11.9. The van der Waals surface area contributed by atoms with Gasteiger partial charge in [0, 0.05) is 12.2 Å². The van der Waals surface area contributed by atoms with Gasteiger partial charge in [-0.15, -0.1) is 0 Å². The van der Waals surface area contributed by atoms with Crippen LogP contribution in [-0.4, -0.2) is 30.9 Å². The van der Waals surface area contributed by atoms with E-state index in [0.29, 0.717) is 5.69 Å². The molecule has 0 fully saturated rings. The average Bonchev–Trinajstić information content (AvgIpc) is 2.58. The van der Waals surface area contributed by atoms with E-state index in [-0.39, 0.29) is 31.7 Å². The maximum absolute atomic E-state index is 12.8. The lowest BCUT2D eigenvalue weighted by molar-refractivity contribution is 0.0297. The van der Waals surface area contributed by atoms with Crippen LogP contribution in [0.4, 0.5) is 14.9 Å². The Hall–Kier alpha value is -2.44. The highest BCUT2D eigenvalue weighted by atomic mass is 19.1. The number of amides is 2. The van der Waals surface area contributed by atoms with Crippen LogP contribution < -0.4 is 10.6 Å². The summed E-state index contributed by atoms with van der Waals surface area (Å²) < 4.78 is 18.4. The summed E-state index contributed by atoms with van der Waals surface area (Å²) in [7, 11) is 0. The van der Waals surface area contributed by atoms with Crippen molar-refractivity contribution in [1.29, 1.82) is 0 Å². The standard InChI is InChI=1S/C18H21FN2O3/c1-13-2-4-14(5-3-13)17(24-11-10-22)12-20-18(23)21-16-8-6-15(19)7-9-16/h2-9,17,22H,10-12H2,1H3,(H2,20,21,23). The predicted molar refractivity (Wildman–Crippen MR) is 90.4 cm³/mol. The number of aryl methyl sites for hydroxylation is 1. The summed E-state index contributed by atoms with van der Waals surface area (Å²) in [6.45, 7) is 2.32. The molecule has 2 amide bonds. The lowest BCUT2D eigenvalue weighted by Gasteiger charge is -2.19. The lowest BCUT2D eigenvalue weighted by Crippen LogP contribution is -2.33.